The Morgan fingerprint density at radius 2 is 1.57 bits per heavy atom. The molecule has 4 aromatic rings. The number of primary amides is 2. The van der Waals surface area contributed by atoms with Gasteiger partial charge in [-0.3, -0.25) is 19.3 Å². The maximum absolute atomic E-state index is 15.8. The first-order valence-electron chi connectivity index (χ1n) is 18.5. The molecule has 0 aromatic heterocycles. The Kier molecular flexibility index (Phi) is 11.4. The Hall–Kier alpha value is -6.73. The Bertz CT molecular complexity index is 2280. The van der Waals surface area contributed by atoms with E-state index in [2.05, 4.69) is 17.2 Å². The molecule has 2 saturated heterocycles. The topological polar surface area (TPSA) is 213 Å². The lowest BCUT2D eigenvalue weighted by Crippen LogP contribution is -2.55. The number of fused-ring (bicyclic) bond motifs is 3. The molecule has 4 aromatic carbocycles. The SMILES string of the molecule is COCCOC(=O)N1C(=O)[C@@]2(c3cc(C#CCNC(N)=O)ccc31)[C@H](c1cccc(OCCO)c1)N1[C@H](c3ccccc3)[C@H](c3ccccc3)OC(=O)[C@H]1[C@@H]2C(N)=O. The first-order chi connectivity index (χ1) is 28.1. The van der Waals surface area contributed by atoms with E-state index in [9.17, 15) is 24.3 Å². The van der Waals surface area contributed by atoms with E-state index >= 15 is 4.79 Å². The number of hydrogen-bond acceptors (Lipinski definition) is 11. The normalized spacial score (nSPS) is 23.3. The van der Waals surface area contributed by atoms with E-state index in [-0.39, 0.29) is 44.2 Å². The molecule has 0 aliphatic carbocycles. The summed E-state index contributed by atoms with van der Waals surface area (Å²) in [6, 6.07) is 25.6. The van der Waals surface area contributed by atoms with Crippen LogP contribution in [-0.2, 0) is 34.0 Å². The Balaban J connectivity index is 1.55. The highest BCUT2D eigenvalue weighted by atomic mass is 16.6. The molecule has 2 fully saturated rings. The summed E-state index contributed by atoms with van der Waals surface area (Å²) in [7, 11) is 1.43. The smallest absolute Gasteiger partial charge is 0.421 e. The predicted molar refractivity (Wildman–Crippen MR) is 208 cm³/mol. The van der Waals surface area contributed by atoms with Gasteiger partial charge in [-0.25, -0.2) is 14.5 Å². The van der Waals surface area contributed by atoms with Gasteiger partial charge < -0.3 is 40.8 Å². The number of nitrogens with two attached hydrogens (primary N) is 2. The van der Waals surface area contributed by atoms with Crippen LogP contribution >= 0.6 is 0 Å². The number of rotatable bonds is 11. The van der Waals surface area contributed by atoms with Gasteiger partial charge in [-0.1, -0.05) is 84.6 Å². The Morgan fingerprint density at radius 3 is 2.24 bits per heavy atom. The number of nitrogens with zero attached hydrogens (tertiary/aromatic N) is 2. The molecule has 298 valence electrons. The zero-order chi connectivity index (χ0) is 41.0. The van der Waals surface area contributed by atoms with Crippen molar-refractivity contribution >= 4 is 35.6 Å². The van der Waals surface area contributed by atoms with Crippen molar-refractivity contribution in [2.45, 2.75) is 29.6 Å². The number of carbonyl (C=O) groups is 5. The fourth-order valence-corrected chi connectivity index (χ4v) is 8.49. The number of urea groups is 1. The van der Waals surface area contributed by atoms with Crippen molar-refractivity contribution in [3.63, 3.8) is 0 Å². The molecule has 0 bridgehead atoms. The molecular formula is C43H41N5O10. The number of morpholine rings is 1. The van der Waals surface area contributed by atoms with Crippen LogP contribution in [0.3, 0.4) is 0 Å². The van der Waals surface area contributed by atoms with E-state index in [0.717, 1.165) is 4.90 Å². The molecule has 0 saturated carbocycles. The number of nitrogens with one attached hydrogen (secondary N) is 1. The number of aliphatic hydroxyl groups is 1. The van der Waals surface area contributed by atoms with Crippen molar-refractivity contribution in [1.82, 2.24) is 10.2 Å². The lowest BCUT2D eigenvalue weighted by atomic mass is 9.65. The van der Waals surface area contributed by atoms with E-state index in [1.165, 1.54) is 13.2 Å². The van der Waals surface area contributed by atoms with Crippen LogP contribution in [0.5, 0.6) is 5.75 Å². The molecule has 15 heteroatoms. The van der Waals surface area contributed by atoms with Gasteiger partial charge in [0, 0.05) is 12.7 Å². The zero-order valence-corrected chi connectivity index (χ0v) is 31.4. The molecule has 15 nitrogen and oxygen atoms in total. The number of aliphatic hydroxyl groups excluding tert-OH is 1. The van der Waals surface area contributed by atoms with Crippen LogP contribution in [-0.4, -0.2) is 86.0 Å². The summed E-state index contributed by atoms with van der Waals surface area (Å²) in [6.07, 6.45) is -1.98. The highest BCUT2D eigenvalue weighted by Crippen LogP contribution is 2.65. The number of anilines is 1. The average Bonchev–Trinajstić information content (AvgIpc) is 3.69. The maximum atomic E-state index is 15.8. The largest absolute Gasteiger partial charge is 0.491 e. The molecular weight excluding hydrogens is 746 g/mol. The van der Waals surface area contributed by atoms with Gasteiger partial charge in [-0.05, 0) is 52.6 Å². The molecule has 3 aliphatic heterocycles. The van der Waals surface area contributed by atoms with Gasteiger partial charge in [0.25, 0.3) is 0 Å². The first-order valence-corrected chi connectivity index (χ1v) is 18.5. The van der Waals surface area contributed by atoms with E-state index in [0.29, 0.717) is 28.0 Å². The number of methoxy groups -OCH3 is 1. The summed E-state index contributed by atoms with van der Waals surface area (Å²) < 4.78 is 22.8. The molecule has 6 N–H and O–H groups in total. The second kappa shape index (κ2) is 16.8. The monoisotopic (exact) mass is 787 g/mol. The number of hydrogen-bond donors (Lipinski definition) is 4. The van der Waals surface area contributed by atoms with Crippen molar-refractivity contribution < 1.29 is 48.0 Å². The maximum Gasteiger partial charge on any atom is 0.421 e. The molecule has 1 spiro atoms. The molecule has 7 rings (SSSR count). The van der Waals surface area contributed by atoms with E-state index < -0.39 is 65.5 Å². The van der Waals surface area contributed by atoms with Crippen LogP contribution in [0.4, 0.5) is 15.3 Å². The van der Waals surface area contributed by atoms with Crippen molar-refractivity contribution in [2.75, 3.05) is 45.0 Å². The van der Waals surface area contributed by atoms with Gasteiger partial charge in [0.15, 0.2) is 0 Å². The van der Waals surface area contributed by atoms with Crippen molar-refractivity contribution in [3.8, 4) is 17.6 Å². The van der Waals surface area contributed by atoms with Gasteiger partial charge in [0.2, 0.25) is 11.8 Å². The third kappa shape index (κ3) is 6.98. The van der Waals surface area contributed by atoms with Crippen LogP contribution in [0.1, 0.15) is 46.0 Å². The number of esters is 1. The van der Waals surface area contributed by atoms with Crippen molar-refractivity contribution in [3.05, 3.63) is 131 Å². The van der Waals surface area contributed by atoms with E-state index in [1.54, 1.807) is 36.4 Å². The summed E-state index contributed by atoms with van der Waals surface area (Å²) >= 11 is 0. The number of amides is 5. The summed E-state index contributed by atoms with van der Waals surface area (Å²) in [5, 5.41) is 12.0. The van der Waals surface area contributed by atoms with Crippen LogP contribution < -0.4 is 26.4 Å². The Morgan fingerprint density at radius 1 is 0.862 bits per heavy atom. The fraction of sp³-hybridized carbons (Fsp3) is 0.279. The van der Waals surface area contributed by atoms with E-state index in [1.807, 2.05) is 65.6 Å². The minimum atomic E-state index is -2.09. The third-order valence-corrected chi connectivity index (χ3v) is 10.6. The molecule has 3 heterocycles. The third-order valence-electron chi connectivity index (χ3n) is 10.6. The summed E-state index contributed by atoms with van der Waals surface area (Å²) in [4.78, 5) is 72.9. The first kappa shape index (κ1) is 39.5. The molecule has 6 atom stereocenters. The molecule has 0 unspecified atom stereocenters. The number of benzene rings is 4. The van der Waals surface area contributed by atoms with Gasteiger partial charge >= 0.3 is 18.1 Å². The highest BCUT2D eigenvalue weighted by Gasteiger charge is 2.75. The second-order valence-electron chi connectivity index (χ2n) is 13.8. The van der Waals surface area contributed by atoms with Gasteiger partial charge in [0.05, 0.1) is 43.4 Å². The van der Waals surface area contributed by atoms with Crippen LogP contribution in [0.15, 0.2) is 103 Å². The fourth-order valence-electron chi connectivity index (χ4n) is 8.49. The second-order valence-corrected chi connectivity index (χ2v) is 13.8. The lowest BCUT2D eigenvalue weighted by molar-refractivity contribution is -0.178. The summed E-state index contributed by atoms with van der Waals surface area (Å²) in [5.74, 6) is 1.81. The minimum absolute atomic E-state index is 0.0358. The van der Waals surface area contributed by atoms with Gasteiger partial charge in [-0.15, -0.1) is 0 Å². The molecule has 0 radical (unpaired) electrons. The van der Waals surface area contributed by atoms with Crippen LogP contribution in [0.25, 0.3) is 0 Å². The van der Waals surface area contributed by atoms with Gasteiger partial charge in [-0.2, -0.15) is 0 Å². The van der Waals surface area contributed by atoms with Gasteiger partial charge in [0.1, 0.15) is 36.5 Å². The van der Waals surface area contributed by atoms with Crippen molar-refractivity contribution in [1.29, 1.82) is 0 Å². The van der Waals surface area contributed by atoms with E-state index in [4.69, 9.17) is 30.4 Å². The predicted octanol–water partition coefficient (Wildman–Crippen LogP) is 3.01. The number of cyclic esters (lactones) is 1. The number of carbonyl (C=O) groups excluding carboxylic acids is 5. The average molecular weight is 788 g/mol. The molecule has 3 aliphatic rings. The quantitative estimate of drug-likeness (QED) is 0.0986. The highest BCUT2D eigenvalue weighted by molar-refractivity contribution is 6.23. The molecule has 5 amide bonds. The lowest BCUT2D eigenvalue weighted by Gasteiger charge is -2.46. The summed E-state index contributed by atoms with van der Waals surface area (Å²) in [6.45, 7) is -0.571. The zero-order valence-electron chi connectivity index (χ0n) is 31.4. The Labute approximate surface area is 333 Å². The number of ether oxygens (including phenoxy) is 4. The minimum Gasteiger partial charge on any atom is -0.491 e. The standard InChI is InChI=1S/C43H41N5O10/c1-55-22-23-57-42(54)47-32-18-17-26(10-9-19-46-41(45)53)24-31(32)43(40(47)52)33(38(44)50)35-39(51)58-36(28-13-6-3-7-14-28)34(27-11-4-2-5-12-27)48(35)37(43)29-15-8-16-30(25-29)56-21-20-49/h2-8,11-18,24-25,33-37,49H,19-23H2,1H3,(H2,44,50)(H3,45,46,53)/t33-,34-,35-,36+,37+,43-/m1/s1. The van der Waals surface area contributed by atoms with Crippen LogP contribution in [0.2, 0.25) is 0 Å². The van der Waals surface area contributed by atoms with Crippen LogP contribution in [0, 0.1) is 17.8 Å². The summed E-state index contributed by atoms with van der Waals surface area (Å²) in [5.41, 5.74) is 11.9. The number of imide groups is 1. The molecule has 58 heavy (non-hydrogen) atoms. The van der Waals surface area contributed by atoms with Crippen molar-refractivity contribution in [2.24, 2.45) is 17.4 Å².